The number of rotatable bonds is 5. The highest BCUT2D eigenvalue weighted by atomic mass is 16.5. The van der Waals surface area contributed by atoms with Gasteiger partial charge in [-0.1, -0.05) is 20.8 Å². The van der Waals surface area contributed by atoms with Crippen LogP contribution in [0.5, 0.6) is 0 Å². The molecule has 86 valence electrons. The minimum atomic E-state index is -0.0442. The summed E-state index contributed by atoms with van der Waals surface area (Å²) in [5.41, 5.74) is 4.12. The maximum Gasteiger partial charge on any atom is 0.0815 e. The average Bonchev–Trinajstić information content (AvgIpc) is 1.95. The van der Waals surface area contributed by atoms with Crippen LogP contribution in [-0.2, 0) is 4.74 Å². The Bertz CT molecular complexity index is 156. The van der Waals surface area contributed by atoms with Crippen LogP contribution in [0.3, 0.4) is 0 Å². The zero-order chi connectivity index (χ0) is 11.4. The predicted molar refractivity (Wildman–Crippen MR) is 61.1 cm³/mol. The zero-order valence-corrected chi connectivity index (χ0v) is 10.8. The first kappa shape index (κ1) is 13.9. The molecule has 0 aliphatic rings. The van der Waals surface area contributed by atoms with Crippen molar-refractivity contribution in [3.63, 3.8) is 0 Å². The van der Waals surface area contributed by atoms with Gasteiger partial charge < -0.3 is 10.5 Å². The van der Waals surface area contributed by atoms with E-state index in [0.29, 0.717) is 6.04 Å². The average molecular weight is 202 g/mol. The first-order valence-electron chi connectivity index (χ1n) is 5.64. The molecule has 0 saturated heterocycles. The van der Waals surface area contributed by atoms with Gasteiger partial charge >= 0.3 is 0 Å². The summed E-state index contributed by atoms with van der Waals surface area (Å²) < 4.78 is 5.92. The number of hydrogen-bond acceptors (Lipinski definition) is 1. The molecular weight excluding hydrogens is 174 g/mol. The van der Waals surface area contributed by atoms with Crippen molar-refractivity contribution >= 4 is 0 Å². The first-order chi connectivity index (χ1) is 6.17. The lowest BCUT2D eigenvalue weighted by Gasteiger charge is -2.38. The van der Waals surface area contributed by atoms with Gasteiger partial charge in [-0.15, -0.1) is 0 Å². The molecule has 0 saturated carbocycles. The van der Waals surface area contributed by atoms with Gasteiger partial charge in [-0.3, -0.25) is 0 Å². The smallest absolute Gasteiger partial charge is 0.0815 e. The molecule has 0 bridgehead atoms. The number of ether oxygens (including phenoxy) is 1. The van der Waals surface area contributed by atoms with E-state index in [9.17, 15) is 0 Å². The summed E-state index contributed by atoms with van der Waals surface area (Å²) in [7, 11) is 0. The standard InChI is InChI=1S/C12H27NO/c1-10(13)8-7-9-14-12(5,6)11(2,3)4/h10H,7-9,13H2,1-6H3/p+1. The van der Waals surface area contributed by atoms with Gasteiger partial charge in [0.1, 0.15) is 0 Å². The van der Waals surface area contributed by atoms with Gasteiger partial charge in [0.2, 0.25) is 0 Å². The van der Waals surface area contributed by atoms with Crippen molar-refractivity contribution in [2.75, 3.05) is 6.61 Å². The van der Waals surface area contributed by atoms with Gasteiger partial charge in [-0.05, 0) is 32.6 Å². The quantitative estimate of drug-likeness (QED) is 0.682. The summed E-state index contributed by atoms with van der Waals surface area (Å²) >= 11 is 0. The Morgan fingerprint density at radius 2 is 1.64 bits per heavy atom. The van der Waals surface area contributed by atoms with Crippen molar-refractivity contribution in [1.82, 2.24) is 0 Å². The Morgan fingerprint density at radius 3 is 2.00 bits per heavy atom. The first-order valence-corrected chi connectivity index (χ1v) is 5.64. The molecule has 3 N–H and O–H groups in total. The van der Waals surface area contributed by atoms with Crippen LogP contribution in [0.25, 0.3) is 0 Å². The van der Waals surface area contributed by atoms with Crippen molar-refractivity contribution in [2.45, 2.75) is 66.0 Å². The van der Waals surface area contributed by atoms with E-state index in [1.807, 2.05) is 0 Å². The SMILES string of the molecule is CC([NH3+])CCCOC(C)(C)C(C)(C)C. The third kappa shape index (κ3) is 4.97. The normalized spacial score (nSPS) is 15.6. The molecule has 2 nitrogen and oxygen atoms in total. The Morgan fingerprint density at radius 1 is 1.14 bits per heavy atom. The van der Waals surface area contributed by atoms with Gasteiger partial charge in [0.25, 0.3) is 0 Å². The predicted octanol–water partition coefficient (Wildman–Crippen LogP) is 2.24. The molecular formula is C12H28NO+. The Kier molecular flexibility index (Phi) is 5.10. The molecule has 0 spiro atoms. The molecule has 0 aliphatic heterocycles. The summed E-state index contributed by atoms with van der Waals surface area (Å²) in [6.07, 6.45) is 2.27. The fraction of sp³-hybridized carbons (Fsp3) is 1.00. The van der Waals surface area contributed by atoms with Crippen LogP contribution in [0.1, 0.15) is 54.4 Å². The van der Waals surface area contributed by atoms with Crippen molar-refractivity contribution < 1.29 is 10.5 Å². The van der Waals surface area contributed by atoms with Crippen LogP contribution in [0.4, 0.5) is 0 Å². The molecule has 2 heteroatoms. The van der Waals surface area contributed by atoms with Crippen molar-refractivity contribution in [3.8, 4) is 0 Å². The highest BCUT2D eigenvalue weighted by Crippen LogP contribution is 2.32. The van der Waals surface area contributed by atoms with E-state index in [1.165, 1.54) is 0 Å². The highest BCUT2D eigenvalue weighted by molar-refractivity contribution is 4.83. The summed E-state index contributed by atoms with van der Waals surface area (Å²) in [5.74, 6) is 0. The van der Waals surface area contributed by atoms with E-state index >= 15 is 0 Å². The highest BCUT2D eigenvalue weighted by Gasteiger charge is 2.33. The molecule has 1 atom stereocenters. The molecule has 0 amide bonds. The summed E-state index contributed by atoms with van der Waals surface area (Å²) in [6.45, 7) is 14.0. The second kappa shape index (κ2) is 5.13. The summed E-state index contributed by atoms with van der Waals surface area (Å²) in [4.78, 5) is 0. The van der Waals surface area contributed by atoms with E-state index < -0.39 is 0 Å². The van der Waals surface area contributed by atoms with Crippen molar-refractivity contribution in [1.29, 1.82) is 0 Å². The second-order valence-electron chi connectivity index (χ2n) is 5.86. The molecule has 0 radical (unpaired) electrons. The summed E-state index contributed by atoms with van der Waals surface area (Å²) in [6, 6.07) is 0.538. The molecule has 1 unspecified atom stereocenters. The van der Waals surface area contributed by atoms with Crippen LogP contribution in [-0.4, -0.2) is 18.2 Å². The lowest BCUT2D eigenvalue weighted by atomic mass is 9.79. The van der Waals surface area contributed by atoms with Crippen LogP contribution in [0, 0.1) is 5.41 Å². The van der Waals surface area contributed by atoms with Gasteiger partial charge in [0.05, 0.1) is 11.6 Å². The third-order valence-corrected chi connectivity index (χ3v) is 3.11. The van der Waals surface area contributed by atoms with Crippen LogP contribution >= 0.6 is 0 Å². The maximum absolute atomic E-state index is 5.92. The zero-order valence-electron chi connectivity index (χ0n) is 10.8. The minimum absolute atomic E-state index is 0.0442. The third-order valence-electron chi connectivity index (χ3n) is 3.11. The topological polar surface area (TPSA) is 36.9 Å². The number of hydrogen-bond donors (Lipinski definition) is 1. The Balaban J connectivity index is 3.78. The molecule has 0 aromatic heterocycles. The molecule has 0 rings (SSSR count). The van der Waals surface area contributed by atoms with Crippen LogP contribution in [0.15, 0.2) is 0 Å². The molecule has 0 aromatic carbocycles. The van der Waals surface area contributed by atoms with E-state index in [-0.39, 0.29) is 11.0 Å². The second-order valence-corrected chi connectivity index (χ2v) is 5.86. The van der Waals surface area contributed by atoms with Gasteiger partial charge in [0.15, 0.2) is 0 Å². The fourth-order valence-electron chi connectivity index (χ4n) is 0.976. The lowest BCUT2D eigenvalue weighted by Crippen LogP contribution is -2.59. The number of quaternary nitrogens is 1. The van der Waals surface area contributed by atoms with E-state index in [4.69, 9.17) is 4.74 Å². The van der Waals surface area contributed by atoms with E-state index in [1.54, 1.807) is 0 Å². The molecule has 0 heterocycles. The largest absolute Gasteiger partial charge is 0.375 e. The van der Waals surface area contributed by atoms with Gasteiger partial charge in [-0.25, -0.2) is 0 Å². The monoisotopic (exact) mass is 202 g/mol. The van der Waals surface area contributed by atoms with Crippen LogP contribution < -0.4 is 5.73 Å². The molecule has 0 fully saturated rings. The Labute approximate surface area is 89.2 Å². The lowest BCUT2D eigenvalue weighted by molar-refractivity contribution is -0.415. The molecule has 14 heavy (non-hydrogen) atoms. The van der Waals surface area contributed by atoms with Gasteiger partial charge in [-0.2, -0.15) is 0 Å². The Hall–Kier alpha value is -0.0800. The van der Waals surface area contributed by atoms with Crippen LogP contribution in [0.2, 0.25) is 0 Å². The summed E-state index contributed by atoms with van der Waals surface area (Å²) in [5, 5.41) is 0. The minimum Gasteiger partial charge on any atom is -0.375 e. The van der Waals surface area contributed by atoms with Crippen molar-refractivity contribution in [2.24, 2.45) is 5.41 Å². The van der Waals surface area contributed by atoms with E-state index in [0.717, 1.165) is 19.4 Å². The fourth-order valence-corrected chi connectivity index (χ4v) is 0.976. The molecule has 0 aromatic rings. The maximum atomic E-state index is 5.92. The van der Waals surface area contributed by atoms with E-state index in [2.05, 4.69) is 47.3 Å². The molecule has 0 aliphatic carbocycles. The van der Waals surface area contributed by atoms with Crippen molar-refractivity contribution in [3.05, 3.63) is 0 Å². The van der Waals surface area contributed by atoms with Gasteiger partial charge in [0, 0.05) is 13.0 Å².